The highest BCUT2D eigenvalue weighted by Gasteiger charge is 2.16. The van der Waals surface area contributed by atoms with Crippen molar-refractivity contribution in [2.45, 2.75) is 32.1 Å². The Morgan fingerprint density at radius 2 is 2.00 bits per heavy atom. The number of pyridine rings is 1. The average Bonchev–Trinajstić information content (AvgIpc) is 2.64. The molecular formula is C15H16ClNO. The van der Waals surface area contributed by atoms with Gasteiger partial charge in [0.1, 0.15) is 5.75 Å². The summed E-state index contributed by atoms with van der Waals surface area (Å²) in [6.07, 6.45) is 5.81. The number of nitrogens with zero attached hydrogens (tertiary/aromatic N) is 1. The molecule has 0 atom stereocenters. The van der Waals surface area contributed by atoms with Gasteiger partial charge in [-0.1, -0.05) is 18.0 Å². The van der Waals surface area contributed by atoms with E-state index in [0.717, 1.165) is 34.5 Å². The lowest BCUT2D eigenvalue weighted by molar-refractivity contribution is 0.415. The van der Waals surface area contributed by atoms with Crippen molar-refractivity contribution in [3.8, 4) is 5.75 Å². The van der Waals surface area contributed by atoms with Crippen molar-refractivity contribution in [1.29, 1.82) is 0 Å². The number of hydrogen-bond donors (Lipinski definition) is 0. The molecule has 0 saturated carbocycles. The lowest BCUT2D eigenvalue weighted by Gasteiger charge is -2.11. The van der Waals surface area contributed by atoms with Gasteiger partial charge in [0.05, 0.1) is 17.6 Å². The van der Waals surface area contributed by atoms with Crippen LogP contribution in [0, 0.1) is 0 Å². The van der Waals surface area contributed by atoms with Crippen LogP contribution in [-0.2, 0) is 12.8 Å². The minimum Gasteiger partial charge on any atom is -0.497 e. The SMILES string of the molecule is COc1ccc2nc3c(c(Cl)c2c1)CCCCC3. The predicted molar refractivity (Wildman–Crippen MR) is 74.6 cm³/mol. The van der Waals surface area contributed by atoms with Gasteiger partial charge in [-0.3, -0.25) is 4.98 Å². The minimum atomic E-state index is 0.833. The molecule has 94 valence electrons. The normalized spacial score (nSPS) is 15.2. The van der Waals surface area contributed by atoms with Crippen molar-refractivity contribution in [3.63, 3.8) is 0 Å². The van der Waals surface area contributed by atoms with Gasteiger partial charge < -0.3 is 4.74 Å². The minimum absolute atomic E-state index is 0.833. The van der Waals surface area contributed by atoms with Crippen molar-refractivity contribution in [3.05, 3.63) is 34.5 Å². The largest absolute Gasteiger partial charge is 0.497 e. The number of aryl methyl sites for hydroxylation is 1. The Morgan fingerprint density at radius 1 is 1.17 bits per heavy atom. The van der Waals surface area contributed by atoms with Crippen molar-refractivity contribution < 1.29 is 4.74 Å². The number of ether oxygens (including phenoxy) is 1. The Hall–Kier alpha value is -1.28. The van der Waals surface area contributed by atoms with E-state index >= 15 is 0 Å². The number of rotatable bonds is 1. The van der Waals surface area contributed by atoms with E-state index in [1.54, 1.807) is 7.11 Å². The predicted octanol–water partition coefficient (Wildman–Crippen LogP) is 4.17. The number of halogens is 1. The summed E-state index contributed by atoms with van der Waals surface area (Å²) in [7, 11) is 1.67. The molecule has 0 fully saturated rings. The van der Waals surface area contributed by atoms with E-state index in [1.165, 1.54) is 30.5 Å². The molecule has 3 heteroatoms. The molecule has 0 spiro atoms. The molecular weight excluding hydrogens is 246 g/mol. The first-order valence-electron chi connectivity index (χ1n) is 6.44. The Balaban J connectivity index is 2.24. The molecule has 0 unspecified atom stereocenters. The molecule has 1 aliphatic rings. The van der Waals surface area contributed by atoms with Gasteiger partial charge in [-0.2, -0.15) is 0 Å². The van der Waals surface area contributed by atoms with E-state index in [2.05, 4.69) is 0 Å². The molecule has 3 rings (SSSR count). The van der Waals surface area contributed by atoms with Gasteiger partial charge in [-0.25, -0.2) is 0 Å². The lowest BCUT2D eigenvalue weighted by Crippen LogP contribution is -1.98. The van der Waals surface area contributed by atoms with Gasteiger partial charge in [0.25, 0.3) is 0 Å². The molecule has 1 aliphatic carbocycles. The van der Waals surface area contributed by atoms with Crippen molar-refractivity contribution in [1.82, 2.24) is 4.98 Å². The second-order valence-corrected chi connectivity index (χ2v) is 5.17. The number of benzene rings is 1. The summed E-state index contributed by atoms with van der Waals surface area (Å²) >= 11 is 6.57. The first-order chi connectivity index (χ1) is 8.79. The van der Waals surface area contributed by atoms with Crippen LogP contribution < -0.4 is 4.74 Å². The van der Waals surface area contributed by atoms with Gasteiger partial charge in [0.2, 0.25) is 0 Å². The van der Waals surface area contributed by atoms with Crippen LogP contribution in [0.4, 0.5) is 0 Å². The van der Waals surface area contributed by atoms with Crippen LogP contribution in [0.1, 0.15) is 30.5 Å². The zero-order chi connectivity index (χ0) is 12.5. The van der Waals surface area contributed by atoms with E-state index in [0.29, 0.717) is 0 Å². The lowest BCUT2D eigenvalue weighted by atomic mass is 10.0. The maximum absolute atomic E-state index is 6.57. The van der Waals surface area contributed by atoms with E-state index in [-0.39, 0.29) is 0 Å². The van der Waals surface area contributed by atoms with Gasteiger partial charge in [-0.15, -0.1) is 0 Å². The molecule has 18 heavy (non-hydrogen) atoms. The monoisotopic (exact) mass is 261 g/mol. The molecule has 1 aromatic heterocycles. The maximum Gasteiger partial charge on any atom is 0.119 e. The molecule has 0 amide bonds. The Morgan fingerprint density at radius 3 is 2.83 bits per heavy atom. The van der Waals surface area contributed by atoms with Crippen molar-refractivity contribution >= 4 is 22.5 Å². The molecule has 0 radical (unpaired) electrons. The molecule has 0 aliphatic heterocycles. The van der Waals surface area contributed by atoms with E-state index in [4.69, 9.17) is 21.3 Å². The molecule has 2 nitrogen and oxygen atoms in total. The van der Waals surface area contributed by atoms with E-state index < -0.39 is 0 Å². The smallest absolute Gasteiger partial charge is 0.119 e. The third kappa shape index (κ3) is 1.95. The van der Waals surface area contributed by atoms with Gasteiger partial charge in [0, 0.05) is 11.1 Å². The average molecular weight is 262 g/mol. The number of hydrogen-bond acceptors (Lipinski definition) is 2. The topological polar surface area (TPSA) is 22.1 Å². The Bertz CT molecular complexity index is 595. The Labute approximate surface area is 112 Å². The van der Waals surface area contributed by atoms with Crippen LogP contribution in [0.15, 0.2) is 18.2 Å². The molecule has 2 aromatic rings. The van der Waals surface area contributed by atoms with E-state index in [9.17, 15) is 0 Å². The standard InChI is InChI=1S/C15H16ClNO/c1-18-10-7-8-14-12(9-10)15(16)11-5-3-2-4-6-13(11)17-14/h7-9H,2-6H2,1H3. The third-order valence-corrected chi connectivity index (χ3v) is 4.08. The quantitative estimate of drug-likeness (QED) is 0.719. The fourth-order valence-corrected chi connectivity index (χ4v) is 3.00. The van der Waals surface area contributed by atoms with Crippen LogP contribution in [-0.4, -0.2) is 12.1 Å². The summed E-state index contributed by atoms with van der Waals surface area (Å²) in [5.74, 6) is 0.833. The number of aromatic nitrogens is 1. The number of methoxy groups -OCH3 is 1. The van der Waals surface area contributed by atoms with Gasteiger partial charge >= 0.3 is 0 Å². The number of fused-ring (bicyclic) bond motifs is 2. The third-order valence-electron chi connectivity index (χ3n) is 3.65. The molecule has 0 N–H and O–H groups in total. The van der Waals surface area contributed by atoms with Crippen molar-refractivity contribution in [2.75, 3.05) is 7.11 Å². The first kappa shape index (κ1) is 11.8. The van der Waals surface area contributed by atoms with Crippen LogP contribution in [0.5, 0.6) is 5.75 Å². The van der Waals surface area contributed by atoms with Crippen LogP contribution >= 0.6 is 11.6 Å². The summed E-state index contributed by atoms with van der Waals surface area (Å²) in [5.41, 5.74) is 3.41. The summed E-state index contributed by atoms with van der Waals surface area (Å²) < 4.78 is 5.26. The van der Waals surface area contributed by atoms with Crippen LogP contribution in [0.25, 0.3) is 10.9 Å². The summed E-state index contributed by atoms with van der Waals surface area (Å²) in [4.78, 5) is 4.77. The van der Waals surface area contributed by atoms with E-state index in [1.807, 2.05) is 18.2 Å². The highest BCUT2D eigenvalue weighted by atomic mass is 35.5. The Kier molecular flexibility index (Phi) is 3.13. The second kappa shape index (κ2) is 4.77. The molecule has 1 aromatic carbocycles. The maximum atomic E-state index is 6.57. The van der Waals surface area contributed by atoms with Crippen LogP contribution in [0.2, 0.25) is 5.02 Å². The highest BCUT2D eigenvalue weighted by Crippen LogP contribution is 2.33. The molecule has 0 bridgehead atoms. The molecule has 1 heterocycles. The summed E-state index contributed by atoms with van der Waals surface area (Å²) in [5, 5.41) is 1.88. The summed E-state index contributed by atoms with van der Waals surface area (Å²) in [6, 6.07) is 5.91. The van der Waals surface area contributed by atoms with Crippen LogP contribution in [0.3, 0.4) is 0 Å². The van der Waals surface area contributed by atoms with Crippen molar-refractivity contribution in [2.24, 2.45) is 0 Å². The molecule has 0 saturated heterocycles. The zero-order valence-corrected chi connectivity index (χ0v) is 11.3. The van der Waals surface area contributed by atoms with Gasteiger partial charge in [0.15, 0.2) is 0 Å². The summed E-state index contributed by atoms with van der Waals surface area (Å²) in [6.45, 7) is 0. The highest BCUT2D eigenvalue weighted by molar-refractivity contribution is 6.36. The zero-order valence-electron chi connectivity index (χ0n) is 10.5. The second-order valence-electron chi connectivity index (χ2n) is 4.79. The fourth-order valence-electron chi connectivity index (χ4n) is 2.65. The fraction of sp³-hybridized carbons (Fsp3) is 0.400. The van der Waals surface area contributed by atoms with Gasteiger partial charge in [-0.05, 0) is 49.4 Å². The first-order valence-corrected chi connectivity index (χ1v) is 6.82.